The molecule has 0 bridgehead atoms. The van der Waals surface area contributed by atoms with Gasteiger partial charge in [0.2, 0.25) is 0 Å². The molecular formula is C15H14FNO4S. The van der Waals surface area contributed by atoms with E-state index in [2.05, 4.69) is 4.72 Å². The van der Waals surface area contributed by atoms with Gasteiger partial charge >= 0.3 is 5.97 Å². The molecule has 2 aromatic carbocycles. The minimum atomic E-state index is -3.96. The fourth-order valence-corrected chi connectivity index (χ4v) is 3.10. The van der Waals surface area contributed by atoms with Gasteiger partial charge < -0.3 is 5.11 Å². The molecular weight excluding hydrogens is 309 g/mol. The van der Waals surface area contributed by atoms with Gasteiger partial charge in [0, 0.05) is 0 Å². The number of hydrogen-bond donors (Lipinski definition) is 2. The van der Waals surface area contributed by atoms with Gasteiger partial charge in [0.05, 0.1) is 16.1 Å². The van der Waals surface area contributed by atoms with Crippen molar-refractivity contribution in [3.8, 4) is 0 Å². The molecule has 0 heterocycles. The molecule has 0 amide bonds. The van der Waals surface area contributed by atoms with Crippen molar-refractivity contribution in [1.29, 1.82) is 0 Å². The van der Waals surface area contributed by atoms with E-state index in [9.17, 15) is 17.6 Å². The molecule has 2 aromatic rings. The average molecular weight is 323 g/mol. The zero-order valence-corrected chi connectivity index (χ0v) is 12.7. The summed E-state index contributed by atoms with van der Waals surface area (Å²) >= 11 is 0. The van der Waals surface area contributed by atoms with E-state index < -0.39 is 21.8 Å². The summed E-state index contributed by atoms with van der Waals surface area (Å²) in [6.45, 7) is 3.15. The van der Waals surface area contributed by atoms with E-state index in [1.807, 2.05) is 0 Å². The van der Waals surface area contributed by atoms with Crippen LogP contribution in [0.1, 0.15) is 21.5 Å². The van der Waals surface area contributed by atoms with Gasteiger partial charge in [-0.1, -0.05) is 6.07 Å². The molecule has 2 N–H and O–H groups in total. The number of carboxylic acids is 1. The van der Waals surface area contributed by atoms with E-state index >= 15 is 0 Å². The van der Waals surface area contributed by atoms with Crippen LogP contribution >= 0.6 is 0 Å². The van der Waals surface area contributed by atoms with E-state index in [1.165, 1.54) is 24.3 Å². The van der Waals surface area contributed by atoms with Crippen molar-refractivity contribution in [3.05, 3.63) is 58.9 Å². The molecule has 2 rings (SSSR count). The highest BCUT2D eigenvalue weighted by molar-refractivity contribution is 7.92. The second kappa shape index (κ2) is 5.76. The number of benzene rings is 2. The number of rotatable bonds is 4. The van der Waals surface area contributed by atoms with Crippen LogP contribution in [0, 0.1) is 19.7 Å². The third-order valence-corrected chi connectivity index (χ3v) is 4.55. The number of anilines is 1. The maximum Gasteiger partial charge on any atom is 0.335 e. The Bertz CT molecular complexity index is 847. The average Bonchev–Trinajstić information content (AvgIpc) is 2.42. The van der Waals surface area contributed by atoms with Crippen molar-refractivity contribution in [2.75, 3.05) is 4.72 Å². The third-order valence-electron chi connectivity index (χ3n) is 3.18. The Morgan fingerprint density at radius 3 is 2.36 bits per heavy atom. The SMILES string of the molecule is Cc1cc(F)ccc1NS(=O)(=O)c1ccc(C)c(C(=O)O)c1. The maximum atomic E-state index is 13.0. The molecule has 0 aromatic heterocycles. The lowest BCUT2D eigenvalue weighted by atomic mass is 10.1. The van der Waals surface area contributed by atoms with Gasteiger partial charge in [-0.2, -0.15) is 0 Å². The monoisotopic (exact) mass is 323 g/mol. The molecule has 0 fully saturated rings. The summed E-state index contributed by atoms with van der Waals surface area (Å²) in [6, 6.07) is 7.50. The van der Waals surface area contributed by atoms with Gasteiger partial charge in [0.15, 0.2) is 0 Å². The fourth-order valence-electron chi connectivity index (χ4n) is 1.94. The summed E-state index contributed by atoms with van der Waals surface area (Å²) in [4.78, 5) is 10.9. The number of nitrogens with one attached hydrogen (secondary N) is 1. The minimum absolute atomic E-state index is 0.0845. The standard InChI is InChI=1S/C15H14FNO4S/c1-9-3-5-12(8-13(9)15(18)19)22(20,21)17-14-6-4-11(16)7-10(14)2/h3-8,17H,1-2H3,(H,18,19). The lowest BCUT2D eigenvalue weighted by Gasteiger charge is -2.11. The number of sulfonamides is 1. The van der Waals surface area contributed by atoms with Gasteiger partial charge in [-0.05, 0) is 55.3 Å². The van der Waals surface area contributed by atoms with Crippen LogP contribution in [0.15, 0.2) is 41.3 Å². The van der Waals surface area contributed by atoms with Crippen molar-refractivity contribution in [2.45, 2.75) is 18.7 Å². The third kappa shape index (κ3) is 3.25. The van der Waals surface area contributed by atoms with Gasteiger partial charge in [-0.3, -0.25) is 4.72 Å². The first-order valence-corrected chi connectivity index (χ1v) is 7.82. The predicted molar refractivity (Wildman–Crippen MR) is 80.1 cm³/mol. The summed E-state index contributed by atoms with van der Waals surface area (Å²) < 4.78 is 40.0. The first-order valence-electron chi connectivity index (χ1n) is 6.33. The molecule has 0 atom stereocenters. The molecule has 0 saturated carbocycles. The van der Waals surface area contributed by atoms with Crippen LogP contribution in [-0.2, 0) is 10.0 Å². The highest BCUT2D eigenvalue weighted by Gasteiger charge is 2.18. The lowest BCUT2D eigenvalue weighted by Crippen LogP contribution is -2.15. The van der Waals surface area contributed by atoms with Gasteiger partial charge in [0.25, 0.3) is 10.0 Å². The zero-order chi connectivity index (χ0) is 16.5. The van der Waals surface area contributed by atoms with Crippen molar-refractivity contribution in [1.82, 2.24) is 0 Å². The Hall–Kier alpha value is -2.41. The summed E-state index contributed by atoms with van der Waals surface area (Å²) in [6.07, 6.45) is 0. The quantitative estimate of drug-likeness (QED) is 0.906. The second-order valence-electron chi connectivity index (χ2n) is 4.85. The summed E-state index contributed by atoms with van der Waals surface area (Å²) in [5.74, 6) is -1.67. The topological polar surface area (TPSA) is 83.5 Å². The van der Waals surface area contributed by atoms with E-state index in [-0.39, 0.29) is 16.1 Å². The first kappa shape index (κ1) is 16.0. The Morgan fingerprint density at radius 2 is 1.77 bits per heavy atom. The highest BCUT2D eigenvalue weighted by atomic mass is 32.2. The molecule has 5 nitrogen and oxygen atoms in total. The summed E-state index contributed by atoms with van der Waals surface area (Å²) in [5.41, 5.74) is 1.04. The largest absolute Gasteiger partial charge is 0.478 e. The summed E-state index contributed by atoms with van der Waals surface area (Å²) in [5, 5.41) is 9.06. The van der Waals surface area contributed by atoms with Crippen LogP contribution in [0.3, 0.4) is 0 Å². The lowest BCUT2D eigenvalue weighted by molar-refractivity contribution is 0.0696. The Kier molecular flexibility index (Phi) is 4.18. The maximum absolute atomic E-state index is 13.0. The second-order valence-corrected chi connectivity index (χ2v) is 6.53. The normalized spacial score (nSPS) is 11.2. The van der Waals surface area contributed by atoms with Crippen LogP contribution in [-0.4, -0.2) is 19.5 Å². The highest BCUT2D eigenvalue weighted by Crippen LogP contribution is 2.22. The van der Waals surface area contributed by atoms with Crippen molar-refractivity contribution in [3.63, 3.8) is 0 Å². The van der Waals surface area contributed by atoms with E-state index in [0.29, 0.717) is 11.1 Å². The molecule has 0 spiro atoms. The molecule has 0 unspecified atom stereocenters. The van der Waals surface area contributed by atoms with Crippen LogP contribution in [0.25, 0.3) is 0 Å². The Labute approximate surface area is 127 Å². The molecule has 0 radical (unpaired) electrons. The number of hydrogen-bond acceptors (Lipinski definition) is 3. The Morgan fingerprint density at radius 1 is 1.09 bits per heavy atom. The van der Waals surface area contributed by atoms with E-state index in [4.69, 9.17) is 5.11 Å². The molecule has 116 valence electrons. The number of aromatic carboxylic acids is 1. The number of carbonyl (C=O) groups is 1. The predicted octanol–water partition coefficient (Wildman–Crippen LogP) is 2.94. The fraction of sp³-hybridized carbons (Fsp3) is 0.133. The minimum Gasteiger partial charge on any atom is -0.478 e. The van der Waals surface area contributed by atoms with Gasteiger partial charge in [-0.15, -0.1) is 0 Å². The number of aryl methyl sites for hydroxylation is 2. The van der Waals surface area contributed by atoms with E-state index in [0.717, 1.165) is 12.1 Å². The van der Waals surface area contributed by atoms with Crippen LogP contribution < -0.4 is 4.72 Å². The molecule has 0 saturated heterocycles. The number of carboxylic acid groups (broad SMARTS) is 1. The number of halogens is 1. The molecule has 7 heteroatoms. The Balaban J connectivity index is 2.42. The van der Waals surface area contributed by atoms with Crippen molar-refractivity contribution >= 4 is 21.7 Å². The van der Waals surface area contributed by atoms with Crippen molar-refractivity contribution in [2.24, 2.45) is 0 Å². The molecule has 0 aliphatic heterocycles. The molecule has 0 aliphatic rings. The van der Waals surface area contributed by atoms with Crippen LogP contribution in [0.2, 0.25) is 0 Å². The first-order chi connectivity index (χ1) is 10.2. The van der Waals surface area contributed by atoms with Gasteiger partial charge in [0.1, 0.15) is 5.82 Å². The van der Waals surface area contributed by atoms with Crippen LogP contribution in [0.4, 0.5) is 10.1 Å². The van der Waals surface area contributed by atoms with Crippen molar-refractivity contribution < 1.29 is 22.7 Å². The van der Waals surface area contributed by atoms with Crippen LogP contribution in [0.5, 0.6) is 0 Å². The smallest absolute Gasteiger partial charge is 0.335 e. The summed E-state index contributed by atoms with van der Waals surface area (Å²) in [7, 11) is -3.96. The van der Waals surface area contributed by atoms with Gasteiger partial charge in [-0.25, -0.2) is 17.6 Å². The molecule has 22 heavy (non-hydrogen) atoms. The molecule has 0 aliphatic carbocycles. The zero-order valence-electron chi connectivity index (χ0n) is 11.9. The van der Waals surface area contributed by atoms with E-state index in [1.54, 1.807) is 13.8 Å².